The zero-order chi connectivity index (χ0) is 10.7. The van der Waals surface area contributed by atoms with E-state index in [1.54, 1.807) is 10.6 Å². The molecule has 2 rings (SSSR count). The Morgan fingerprint density at radius 1 is 1.33 bits per heavy atom. The van der Waals surface area contributed by atoms with Gasteiger partial charge >= 0.3 is 0 Å². The van der Waals surface area contributed by atoms with Crippen molar-refractivity contribution >= 4 is 0 Å². The SMILES string of the molecule is O=c1c(CO)cccn1C1CCCCC1. The molecule has 1 heterocycles. The Labute approximate surface area is 89.4 Å². The predicted octanol–water partition coefficient (Wildman–Crippen LogP) is 1.85. The van der Waals surface area contributed by atoms with Gasteiger partial charge in [-0.15, -0.1) is 0 Å². The number of pyridine rings is 1. The summed E-state index contributed by atoms with van der Waals surface area (Å²) in [6.45, 7) is -0.160. The minimum atomic E-state index is -0.160. The van der Waals surface area contributed by atoms with Gasteiger partial charge in [0.1, 0.15) is 0 Å². The molecular formula is C12H17NO2. The Balaban J connectivity index is 2.30. The van der Waals surface area contributed by atoms with Gasteiger partial charge in [0.05, 0.1) is 6.61 Å². The van der Waals surface area contributed by atoms with E-state index in [2.05, 4.69) is 0 Å². The van der Waals surface area contributed by atoms with E-state index in [0.717, 1.165) is 12.8 Å². The van der Waals surface area contributed by atoms with Crippen molar-refractivity contribution in [1.29, 1.82) is 0 Å². The number of hydrogen-bond acceptors (Lipinski definition) is 2. The van der Waals surface area contributed by atoms with E-state index in [0.29, 0.717) is 11.6 Å². The third kappa shape index (κ3) is 2.12. The van der Waals surface area contributed by atoms with Gasteiger partial charge in [0, 0.05) is 17.8 Å². The quantitative estimate of drug-likeness (QED) is 0.804. The summed E-state index contributed by atoms with van der Waals surface area (Å²) in [4.78, 5) is 11.9. The Hall–Kier alpha value is -1.09. The smallest absolute Gasteiger partial charge is 0.256 e. The van der Waals surface area contributed by atoms with Crippen LogP contribution in [0.3, 0.4) is 0 Å². The molecule has 3 heteroatoms. The molecule has 0 aliphatic heterocycles. The van der Waals surface area contributed by atoms with Crippen molar-refractivity contribution in [2.45, 2.75) is 44.8 Å². The van der Waals surface area contributed by atoms with Crippen LogP contribution in [0.5, 0.6) is 0 Å². The van der Waals surface area contributed by atoms with Crippen LogP contribution in [-0.4, -0.2) is 9.67 Å². The molecule has 82 valence electrons. The first kappa shape index (κ1) is 10.4. The van der Waals surface area contributed by atoms with Gasteiger partial charge in [0.25, 0.3) is 5.56 Å². The first-order valence-corrected chi connectivity index (χ1v) is 5.64. The van der Waals surface area contributed by atoms with Crippen molar-refractivity contribution in [2.75, 3.05) is 0 Å². The molecule has 15 heavy (non-hydrogen) atoms. The topological polar surface area (TPSA) is 42.2 Å². The minimum Gasteiger partial charge on any atom is -0.391 e. The lowest BCUT2D eigenvalue weighted by Crippen LogP contribution is -2.28. The van der Waals surface area contributed by atoms with Crippen molar-refractivity contribution in [3.05, 3.63) is 34.2 Å². The average Bonchev–Trinajstić information content (AvgIpc) is 2.30. The summed E-state index contributed by atoms with van der Waals surface area (Å²) in [5.74, 6) is 0. The Kier molecular flexibility index (Phi) is 3.21. The first-order valence-electron chi connectivity index (χ1n) is 5.64. The van der Waals surface area contributed by atoms with Crippen LogP contribution in [0.4, 0.5) is 0 Å². The van der Waals surface area contributed by atoms with Crippen LogP contribution < -0.4 is 5.56 Å². The van der Waals surface area contributed by atoms with E-state index in [4.69, 9.17) is 5.11 Å². The average molecular weight is 207 g/mol. The molecule has 0 aromatic carbocycles. The summed E-state index contributed by atoms with van der Waals surface area (Å²) < 4.78 is 1.80. The van der Waals surface area contributed by atoms with E-state index < -0.39 is 0 Å². The maximum atomic E-state index is 11.9. The zero-order valence-electron chi connectivity index (χ0n) is 8.85. The van der Waals surface area contributed by atoms with Gasteiger partial charge in [-0.05, 0) is 25.0 Å². The van der Waals surface area contributed by atoms with Gasteiger partial charge in [-0.2, -0.15) is 0 Å². The van der Waals surface area contributed by atoms with Crippen LogP contribution >= 0.6 is 0 Å². The monoisotopic (exact) mass is 207 g/mol. The molecule has 1 aromatic heterocycles. The zero-order valence-corrected chi connectivity index (χ0v) is 8.85. The second-order valence-electron chi connectivity index (χ2n) is 4.20. The van der Waals surface area contributed by atoms with Gasteiger partial charge < -0.3 is 9.67 Å². The summed E-state index contributed by atoms with van der Waals surface area (Å²) in [6, 6.07) is 3.89. The first-order chi connectivity index (χ1) is 7.33. The molecule has 0 unspecified atom stereocenters. The maximum absolute atomic E-state index is 11.9. The van der Waals surface area contributed by atoms with Crippen molar-refractivity contribution < 1.29 is 5.11 Å². The lowest BCUT2D eigenvalue weighted by Gasteiger charge is -2.24. The van der Waals surface area contributed by atoms with Gasteiger partial charge in [-0.1, -0.05) is 19.3 Å². The molecule has 0 atom stereocenters. The molecule has 3 nitrogen and oxygen atoms in total. The summed E-state index contributed by atoms with van der Waals surface area (Å²) in [5, 5.41) is 9.03. The van der Waals surface area contributed by atoms with E-state index in [1.807, 2.05) is 12.3 Å². The maximum Gasteiger partial charge on any atom is 0.256 e. The highest BCUT2D eigenvalue weighted by atomic mass is 16.3. The van der Waals surface area contributed by atoms with Crippen LogP contribution in [0.2, 0.25) is 0 Å². The molecule has 0 saturated heterocycles. The van der Waals surface area contributed by atoms with Gasteiger partial charge in [0.15, 0.2) is 0 Å². The van der Waals surface area contributed by atoms with E-state index in [1.165, 1.54) is 19.3 Å². The fraction of sp³-hybridized carbons (Fsp3) is 0.583. The number of aliphatic hydroxyl groups is 1. The highest BCUT2D eigenvalue weighted by Crippen LogP contribution is 2.26. The summed E-state index contributed by atoms with van der Waals surface area (Å²) in [6.07, 6.45) is 7.73. The van der Waals surface area contributed by atoms with Crippen molar-refractivity contribution in [3.8, 4) is 0 Å². The van der Waals surface area contributed by atoms with Crippen LogP contribution in [0.1, 0.15) is 43.7 Å². The lowest BCUT2D eigenvalue weighted by molar-refractivity contribution is 0.276. The molecule has 1 saturated carbocycles. The molecule has 1 aliphatic rings. The molecule has 1 aliphatic carbocycles. The molecule has 0 spiro atoms. The van der Waals surface area contributed by atoms with E-state index in [-0.39, 0.29) is 12.2 Å². The Morgan fingerprint density at radius 2 is 2.07 bits per heavy atom. The Morgan fingerprint density at radius 3 is 2.73 bits per heavy atom. The fourth-order valence-electron chi connectivity index (χ4n) is 2.32. The second kappa shape index (κ2) is 4.62. The minimum absolute atomic E-state index is 0.0214. The summed E-state index contributed by atoms with van der Waals surface area (Å²) >= 11 is 0. The molecular weight excluding hydrogens is 190 g/mol. The third-order valence-corrected chi connectivity index (χ3v) is 3.19. The van der Waals surface area contributed by atoms with Crippen LogP contribution in [-0.2, 0) is 6.61 Å². The van der Waals surface area contributed by atoms with Gasteiger partial charge in [0.2, 0.25) is 0 Å². The number of aromatic nitrogens is 1. The highest BCUT2D eigenvalue weighted by molar-refractivity contribution is 5.09. The fourth-order valence-corrected chi connectivity index (χ4v) is 2.32. The van der Waals surface area contributed by atoms with Gasteiger partial charge in [-0.3, -0.25) is 4.79 Å². The molecule has 1 aromatic rings. The highest BCUT2D eigenvalue weighted by Gasteiger charge is 2.16. The molecule has 1 N–H and O–H groups in total. The number of nitrogens with zero attached hydrogens (tertiary/aromatic N) is 1. The van der Waals surface area contributed by atoms with Crippen molar-refractivity contribution in [3.63, 3.8) is 0 Å². The summed E-state index contributed by atoms with van der Waals surface area (Å²) in [5.41, 5.74) is 0.481. The molecule has 0 radical (unpaired) electrons. The standard InChI is InChI=1S/C12H17NO2/c14-9-10-5-4-8-13(12(10)15)11-6-2-1-3-7-11/h4-5,8,11,14H,1-3,6-7,9H2. The van der Waals surface area contributed by atoms with E-state index in [9.17, 15) is 4.79 Å². The largest absolute Gasteiger partial charge is 0.391 e. The Bertz CT molecular complexity index is 377. The number of aliphatic hydroxyl groups excluding tert-OH is 1. The molecule has 0 amide bonds. The van der Waals surface area contributed by atoms with Crippen LogP contribution in [0, 0.1) is 0 Å². The van der Waals surface area contributed by atoms with Crippen molar-refractivity contribution in [1.82, 2.24) is 4.57 Å². The van der Waals surface area contributed by atoms with E-state index >= 15 is 0 Å². The molecule has 1 fully saturated rings. The summed E-state index contributed by atoms with van der Waals surface area (Å²) in [7, 11) is 0. The predicted molar refractivity (Wildman–Crippen MR) is 58.7 cm³/mol. The van der Waals surface area contributed by atoms with Crippen LogP contribution in [0.25, 0.3) is 0 Å². The number of hydrogen-bond donors (Lipinski definition) is 1. The normalized spacial score (nSPS) is 17.9. The lowest BCUT2D eigenvalue weighted by atomic mass is 9.95. The van der Waals surface area contributed by atoms with Crippen LogP contribution in [0.15, 0.2) is 23.1 Å². The number of rotatable bonds is 2. The second-order valence-corrected chi connectivity index (χ2v) is 4.20. The third-order valence-electron chi connectivity index (χ3n) is 3.19. The molecule has 0 bridgehead atoms. The van der Waals surface area contributed by atoms with Gasteiger partial charge in [-0.25, -0.2) is 0 Å². The van der Waals surface area contributed by atoms with Crippen molar-refractivity contribution in [2.24, 2.45) is 0 Å².